The van der Waals surface area contributed by atoms with Gasteiger partial charge in [-0.3, -0.25) is 19.1 Å². The fraction of sp³-hybridized carbons (Fsp3) is 0.351. The van der Waals surface area contributed by atoms with Crippen molar-refractivity contribution in [2.24, 2.45) is 10.7 Å². The molecule has 0 aliphatic carbocycles. The van der Waals surface area contributed by atoms with Crippen LogP contribution in [0.4, 0.5) is 0 Å². The monoisotopic (exact) mass is 743 g/mol. The molecule has 0 saturated carbocycles. The quantitative estimate of drug-likeness (QED) is 0.137. The number of halogens is 1. The van der Waals surface area contributed by atoms with Gasteiger partial charge in [-0.15, -0.1) is 21.5 Å². The fourth-order valence-electron chi connectivity index (χ4n) is 6.26. The summed E-state index contributed by atoms with van der Waals surface area (Å²) in [6, 6.07) is 11.1. The van der Waals surface area contributed by atoms with Crippen molar-refractivity contribution in [1.82, 2.24) is 25.0 Å². The first kappa shape index (κ1) is 36.3. The molecular formula is C37H38ClN7O4S2. The molecule has 3 N–H and O–H groups in total. The number of ether oxygens (including phenoxy) is 1. The van der Waals surface area contributed by atoms with Crippen LogP contribution in [-0.2, 0) is 9.53 Å². The molecule has 2 aromatic carbocycles. The van der Waals surface area contributed by atoms with E-state index in [1.54, 1.807) is 23.5 Å². The molecule has 0 spiro atoms. The highest BCUT2D eigenvalue weighted by Crippen LogP contribution is 2.40. The number of hydrogen-bond acceptors (Lipinski definition) is 10. The zero-order chi connectivity index (χ0) is 36.4. The summed E-state index contributed by atoms with van der Waals surface area (Å²) in [6.45, 7) is 7.05. The van der Waals surface area contributed by atoms with Crippen LogP contribution in [0.25, 0.3) is 5.00 Å². The summed E-state index contributed by atoms with van der Waals surface area (Å²) in [5.41, 5.74) is 10.7. The van der Waals surface area contributed by atoms with E-state index < -0.39 is 18.1 Å². The lowest BCUT2D eigenvalue weighted by Gasteiger charge is -2.33. The van der Waals surface area contributed by atoms with Gasteiger partial charge in [0.2, 0.25) is 5.91 Å². The number of thiol groups is 1. The van der Waals surface area contributed by atoms with Crippen LogP contribution in [0.3, 0.4) is 0 Å². The number of carbonyl (C=O) groups is 3. The van der Waals surface area contributed by atoms with E-state index in [0.717, 1.165) is 33.2 Å². The average Bonchev–Trinajstić information content (AvgIpc) is 3.62. The Bertz CT molecular complexity index is 2090. The van der Waals surface area contributed by atoms with Crippen LogP contribution in [-0.4, -0.2) is 81.2 Å². The van der Waals surface area contributed by atoms with Crippen LogP contribution in [0.15, 0.2) is 47.5 Å². The maximum atomic E-state index is 13.9. The minimum atomic E-state index is -0.561. The highest BCUT2D eigenvalue weighted by atomic mass is 35.5. The number of nitrogens with zero attached hydrogens (tertiary/aromatic N) is 5. The summed E-state index contributed by atoms with van der Waals surface area (Å²) in [6.07, 6.45) is 1.28. The Morgan fingerprint density at radius 2 is 1.84 bits per heavy atom. The van der Waals surface area contributed by atoms with E-state index in [4.69, 9.17) is 27.1 Å². The number of fused-ring (bicyclic) bond motifs is 3. The Labute approximate surface area is 311 Å². The molecule has 4 aromatic rings. The SMILES string of the molecule is COC(=O)c1ccc(C(=O)NC2CCN(C(=O)C[C@@H]3N=C(c4ccc(Cl)cc4)c4c(sc(C)c4C)-n4c(C)nnc43)CC2)cc1C#CC(N)CS. The van der Waals surface area contributed by atoms with E-state index in [1.807, 2.05) is 40.7 Å². The molecule has 1 fully saturated rings. The molecule has 6 rings (SSSR count). The van der Waals surface area contributed by atoms with E-state index in [0.29, 0.717) is 53.7 Å². The van der Waals surface area contributed by atoms with Gasteiger partial charge in [-0.05, 0) is 69.5 Å². The highest BCUT2D eigenvalue weighted by Gasteiger charge is 2.34. The van der Waals surface area contributed by atoms with Gasteiger partial charge in [0.25, 0.3) is 5.91 Å². The van der Waals surface area contributed by atoms with Crippen molar-refractivity contribution in [3.05, 3.63) is 97.4 Å². The molecule has 11 nitrogen and oxygen atoms in total. The van der Waals surface area contributed by atoms with Crippen LogP contribution in [0, 0.1) is 32.6 Å². The van der Waals surface area contributed by atoms with Crippen LogP contribution < -0.4 is 11.1 Å². The topological polar surface area (TPSA) is 145 Å². The van der Waals surface area contributed by atoms with Gasteiger partial charge < -0.3 is 20.7 Å². The number of rotatable bonds is 7. The van der Waals surface area contributed by atoms with E-state index in [2.05, 4.69) is 53.8 Å². The van der Waals surface area contributed by atoms with Crippen molar-refractivity contribution in [3.63, 3.8) is 0 Å². The average molecular weight is 744 g/mol. The molecule has 2 amide bonds. The predicted molar refractivity (Wildman–Crippen MR) is 201 cm³/mol. The normalized spacial score (nSPS) is 16.2. The number of thiophene rings is 1. The summed E-state index contributed by atoms with van der Waals surface area (Å²) in [4.78, 5) is 47.7. The second kappa shape index (κ2) is 15.4. The zero-order valence-corrected chi connectivity index (χ0v) is 31.2. The lowest BCUT2D eigenvalue weighted by Crippen LogP contribution is -2.46. The Balaban J connectivity index is 1.17. The minimum absolute atomic E-state index is 0.0459. The van der Waals surface area contributed by atoms with E-state index in [-0.39, 0.29) is 29.8 Å². The molecule has 51 heavy (non-hydrogen) atoms. The predicted octanol–water partition coefficient (Wildman–Crippen LogP) is 5.01. The Hall–Kier alpha value is -4.48. The number of aliphatic imine (C=N–C) groups is 1. The van der Waals surface area contributed by atoms with E-state index in [1.165, 1.54) is 18.1 Å². The standard InChI is InChI=1S/C37H38ClN7O4S2/c1-20-21(2)51-36-32(20)33(23-5-9-26(38)10-6-23)41-30(34-43-42-22(3)45(34)36)18-31(46)44-15-13-28(14-16-44)40-35(47)25-8-12-29(37(48)49-4)24(17-25)7-11-27(39)19-50/h5-6,8-10,12,17,27-28,30,50H,13-16,18-19,39H2,1-4H3,(H,40,47)/t27?,30-/m0/s1. The number of amides is 2. The number of methoxy groups -OCH3 is 1. The number of aryl methyl sites for hydroxylation is 2. The number of likely N-dealkylation sites (tertiary alicyclic amines) is 1. The van der Waals surface area contributed by atoms with Crippen molar-refractivity contribution in [2.75, 3.05) is 26.0 Å². The van der Waals surface area contributed by atoms with Gasteiger partial charge in [0.05, 0.1) is 30.8 Å². The molecule has 264 valence electrons. The first-order chi connectivity index (χ1) is 24.5. The van der Waals surface area contributed by atoms with Crippen molar-refractivity contribution < 1.29 is 19.1 Å². The van der Waals surface area contributed by atoms with Crippen LogP contribution in [0.1, 0.15) is 84.8 Å². The summed E-state index contributed by atoms with van der Waals surface area (Å²) in [5.74, 6) is 6.54. The lowest BCUT2D eigenvalue weighted by atomic mass is 9.99. The second-order valence-corrected chi connectivity index (χ2v) is 14.6. The number of carbonyl (C=O) groups excluding carboxylic acids is 3. The largest absolute Gasteiger partial charge is 0.465 e. The third kappa shape index (κ3) is 7.60. The van der Waals surface area contributed by atoms with Crippen LogP contribution in [0.5, 0.6) is 0 Å². The molecule has 2 atom stereocenters. The van der Waals surface area contributed by atoms with Crippen molar-refractivity contribution >= 4 is 59.1 Å². The van der Waals surface area contributed by atoms with E-state index >= 15 is 0 Å². The molecule has 1 unspecified atom stereocenters. The second-order valence-electron chi connectivity index (χ2n) is 12.5. The summed E-state index contributed by atoms with van der Waals surface area (Å²) in [7, 11) is 1.28. The van der Waals surface area contributed by atoms with Gasteiger partial charge in [-0.2, -0.15) is 12.6 Å². The van der Waals surface area contributed by atoms with Gasteiger partial charge in [-0.1, -0.05) is 35.6 Å². The van der Waals surface area contributed by atoms with Crippen LogP contribution >= 0.6 is 35.6 Å². The molecule has 1 saturated heterocycles. The van der Waals surface area contributed by atoms with E-state index in [9.17, 15) is 14.4 Å². The highest BCUT2D eigenvalue weighted by molar-refractivity contribution is 7.80. The number of aromatic nitrogens is 3. The lowest BCUT2D eigenvalue weighted by molar-refractivity contribution is -0.132. The minimum Gasteiger partial charge on any atom is -0.465 e. The van der Waals surface area contributed by atoms with Gasteiger partial charge in [0.15, 0.2) is 5.82 Å². The number of nitrogens with one attached hydrogen (secondary N) is 1. The number of benzene rings is 2. The first-order valence-electron chi connectivity index (χ1n) is 16.5. The zero-order valence-electron chi connectivity index (χ0n) is 28.7. The Morgan fingerprint density at radius 1 is 1.12 bits per heavy atom. The smallest absolute Gasteiger partial charge is 0.339 e. The first-order valence-corrected chi connectivity index (χ1v) is 18.4. The molecular weight excluding hydrogens is 706 g/mol. The Kier molecular flexibility index (Phi) is 11.0. The van der Waals surface area contributed by atoms with Gasteiger partial charge in [-0.25, -0.2) is 4.79 Å². The molecule has 0 bridgehead atoms. The maximum Gasteiger partial charge on any atom is 0.339 e. The maximum absolute atomic E-state index is 13.9. The molecule has 2 aromatic heterocycles. The summed E-state index contributed by atoms with van der Waals surface area (Å²) >= 11 is 12.1. The van der Waals surface area contributed by atoms with Crippen LogP contribution in [0.2, 0.25) is 5.02 Å². The van der Waals surface area contributed by atoms with Crippen molar-refractivity contribution in [3.8, 4) is 16.8 Å². The Morgan fingerprint density at radius 3 is 2.53 bits per heavy atom. The molecule has 0 radical (unpaired) electrons. The number of piperidine rings is 1. The molecule has 14 heteroatoms. The molecule has 2 aliphatic rings. The molecule has 2 aliphatic heterocycles. The van der Waals surface area contributed by atoms with Gasteiger partial charge in [0, 0.05) is 57.0 Å². The van der Waals surface area contributed by atoms with Crippen molar-refractivity contribution in [1.29, 1.82) is 0 Å². The van der Waals surface area contributed by atoms with Crippen molar-refractivity contribution in [2.45, 2.75) is 58.2 Å². The van der Waals surface area contributed by atoms with Gasteiger partial charge >= 0.3 is 5.97 Å². The number of esters is 1. The summed E-state index contributed by atoms with van der Waals surface area (Å²) < 4.78 is 6.92. The molecule has 4 heterocycles. The third-order valence-corrected chi connectivity index (χ3v) is 11.0. The van der Waals surface area contributed by atoms with Gasteiger partial charge in [0.1, 0.15) is 16.9 Å². The number of hydrogen-bond donors (Lipinski definition) is 3. The summed E-state index contributed by atoms with van der Waals surface area (Å²) in [5, 5.41) is 13.6. The fourth-order valence-corrected chi connectivity index (χ4v) is 7.69. The third-order valence-electron chi connectivity index (χ3n) is 9.18. The number of nitrogens with two attached hydrogens (primary N) is 1.